The van der Waals surface area contributed by atoms with Gasteiger partial charge in [-0.25, -0.2) is 17.5 Å². The van der Waals surface area contributed by atoms with Gasteiger partial charge in [0.25, 0.3) is 5.91 Å². The predicted molar refractivity (Wildman–Crippen MR) is 115 cm³/mol. The van der Waals surface area contributed by atoms with Crippen LogP contribution in [0.2, 0.25) is 5.02 Å². The number of halogens is 2. The van der Waals surface area contributed by atoms with E-state index in [-0.39, 0.29) is 17.3 Å². The molecule has 2 aromatic rings. The quantitative estimate of drug-likeness (QED) is 0.669. The summed E-state index contributed by atoms with van der Waals surface area (Å²) >= 11 is 5.91. The maximum atomic E-state index is 14.0. The number of amides is 2. The van der Waals surface area contributed by atoms with Gasteiger partial charge in [0, 0.05) is 36.9 Å². The van der Waals surface area contributed by atoms with Gasteiger partial charge in [-0.1, -0.05) is 11.6 Å². The van der Waals surface area contributed by atoms with E-state index in [1.165, 1.54) is 7.05 Å². The summed E-state index contributed by atoms with van der Waals surface area (Å²) in [6, 6.07) is 10.3. The lowest BCUT2D eigenvalue weighted by molar-refractivity contribution is -0.130. The number of nitrogens with zero attached hydrogens (tertiary/aromatic N) is 2. The molecule has 166 valence electrons. The van der Waals surface area contributed by atoms with Gasteiger partial charge in [-0.15, -0.1) is 0 Å². The molecule has 0 spiro atoms. The maximum Gasteiger partial charge on any atom is 0.254 e. The number of sulfonamides is 1. The molecule has 11 heteroatoms. The van der Waals surface area contributed by atoms with Crippen molar-refractivity contribution in [3.8, 4) is 0 Å². The Hall–Kier alpha value is -2.69. The fraction of sp³-hybridized carbons (Fsp3) is 0.300. The van der Waals surface area contributed by atoms with Crippen molar-refractivity contribution in [2.75, 3.05) is 44.7 Å². The van der Waals surface area contributed by atoms with Gasteiger partial charge in [-0.05, 0) is 49.5 Å². The summed E-state index contributed by atoms with van der Waals surface area (Å²) in [5.41, 5.74) is 0.563. The number of piperazine rings is 1. The highest BCUT2D eigenvalue weighted by atomic mass is 35.5. The van der Waals surface area contributed by atoms with Crippen LogP contribution in [0.25, 0.3) is 0 Å². The van der Waals surface area contributed by atoms with Gasteiger partial charge in [0.15, 0.2) is 0 Å². The topological polar surface area (TPSA) is 98.8 Å². The molecule has 2 amide bonds. The normalized spacial score (nSPS) is 14.4. The molecule has 1 aliphatic rings. The van der Waals surface area contributed by atoms with Crippen LogP contribution in [-0.4, -0.2) is 64.9 Å². The van der Waals surface area contributed by atoms with E-state index in [0.29, 0.717) is 31.2 Å². The molecule has 2 N–H and O–H groups in total. The van der Waals surface area contributed by atoms with Crippen LogP contribution in [0.4, 0.5) is 10.1 Å². The molecule has 1 aliphatic heterocycles. The third kappa shape index (κ3) is 5.52. The molecule has 0 atom stereocenters. The molecular weight excluding hydrogens is 447 g/mol. The van der Waals surface area contributed by atoms with Crippen molar-refractivity contribution in [1.29, 1.82) is 0 Å². The number of rotatable bonds is 6. The molecule has 0 saturated carbocycles. The van der Waals surface area contributed by atoms with Gasteiger partial charge in [0.2, 0.25) is 15.9 Å². The Morgan fingerprint density at radius 3 is 2.32 bits per heavy atom. The van der Waals surface area contributed by atoms with E-state index in [4.69, 9.17) is 11.6 Å². The molecule has 0 bridgehead atoms. The van der Waals surface area contributed by atoms with Crippen LogP contribution in [0.5, 0.6) is 0 Å². The first-order valence-electron chi connectivity index (χ1n) is 9.51. The molecule has 2 aromatic carbocycles. The number of benzene rings is 2. The fourth-order valence-electron chi connectivity index (χ4n) is 3.19. The van der Waals surface area contributed by atoms with Gasteiger partial charge in [-0.2, -0.15) is 0 Å². The lowest BCUT2D eigenvalue weighted by Crippen LogP contribution is -2.51. The lowest BCUT2D eigenvalue weighted by Gasteiger charge is -2.36. The van der Waals surface area contributed by atoms with Gasteiger partial charge in [0.05, 0.1) is 17.0 Å². The summed E-state index contributed by atoms with van der Waals surface area (Å²) in [5, 5.41) is 3.02. The molecule has 0 aromatic heterocycles. The Bertz CT molecular complexity index is 1070. The van der Waals surface area contributed by atoms with Crippen molar-refractivity contribution in [3.63, 3.8) is 0 Å². The van der Waals surface area contributed by atoms with Crippen molar-refractivity contribution in [2.24, 2.45) is 0 Å². The highest BCUT2D eigenvalue weighted by Crippen LogP contribution is 2.19. The first-order chi connectivity index (χ1) is 14.7. The monoisotopic (exact) mass is 468 g/mol. The first kappa shape index (κ1) is 23.0. The van der Waals surface area contributed by atoms with Crippen LogP contribution < -0.4 is 14.9 Å². The Labute approximate surface area is 185 Å². The van der Waals surface area contributed by atoms with Crippen LogP contribution >= 0.6 is 11.6 Å². The maximum absolute atomic E-state index is 14.0. The Kier molecular flexibility index (Phi) is 7.14. The molecule has 1 heterocycles. The van der Waals surface area contributed by atoms with E-state index in [2.05, 4.69) is 14.9 Å². The minimum Gasteiger partial charge on any atom is -0.368 e. The van der Waals surface area contributed by atoms with Gasteiger partial charge >= 0.3 is 0 Å². The number of carbonyl (C=O) groups excluding carboxylic acids is 2. The van der Waals surface area contributed by atoms with Crippen molar-refractivity contribution < 1.29 is 22.4 Å². The van der Waals surface area contributed by atoms with E-state index in [1.54, 1.807) is 17.0 Å². The van der Waals surface area contributed by atoms with Crippen molar-refractivity contribution in [3.05, 3.63) is 58.9 Å². The van der Waals surface area contributed by atoms with Crippen LogP contribution in [0.3, 0.4) is 0 Å². The second kappa shape index (κ2) is 9.63. The van der Waals surface area contributed by atoms with E-state index >= 15 is 0 Å². The average Bonchev–Trinajstić information content (AvgIpc) is 2.78. The number of hydrogen-bond acceptors (Lipinski definition) is 5. The van der Waals surface area contributed by atoms with E-state index in [9.17, 15) is 22.4 Å². The average molecular weight is 469 g/mol. The Morgan fingerprint density at radius 1 is 1.06 bits per heavy atom. The molecule has 1 saturated heterocycles. The number of carbonyl (C=O) groups is 2. The van der Waals surface area contributed by atoms with Gasteiger partial charge in [0.1, 0.15) is 5.82 Å². The zero-order chi connectivity index (χ0) is 22.6. The van der Waals surface area contributed by atoms with Gasteiger partial charge < -0.3 is 15.1 Å². The molecular formula is C20H22ClFN4O4S. The van der Waals surface area contributed by atoms with Crippen LogP contribution in [-0.2, 0) is 14.8 Å². The summed E-state index contributed by atoms with van der Waals surface area (Å²) in [6.07, 6.45) is 0. The highest BCUT2D eigenvalue weighted by Gasteiger charge is 2.23. The SMILES string of the molecule is CNS(=O)(=O)c1ccc(F)c(C(=O)NCC(=O)N2CCN(c3ccc(Cl)cc3)CC2)c1. The summed E-state index contributed by atoms with van der Waals surface area (Å²) < 4.78 is 39.9. The third-order valence-corrected chi connectivity index (χ3v) is 6.65. The Balaban J connectivity index is 1.56. The first-order valence-corrected chi connectivity index (χ1v) is 11.4. The number of nitrogens with one attached hydrogen (secondary N) is 2. The number of hydrogen-bond donors (Lipinski definition) is 2. The molecule has 8 nitrogen and oxygen atoms in total. The van der Waals surface area contributed by atoms with Crippen molar-refractivity contribution >= 4 is 39.1 Å². The zero-order valence-electron chi connectivity index (χ0n) is 16.8. The minimum absolute atomic E-state index is 0.244. The second-order valence-corrected chi connectivity index (χ2v) is 9.20. The van der Waals surface area contributed by atoms with Crippen LogP contribution in [0, 0.1) is 5.82 Å². The van der Waals surface area contributed by atoms with Gasteiger partial charge in [-0.3, -0.25) is 9.59 Å². The molecule has 31 heavy (non-hydrogen) atoms. The molecule has 0 unspecified atom stereocenters. The minimum atomic E-state index is -3.83. The van der Waals surface area contributed by atoms with E-state index in [0.717, 1.165) is 23.9 Å². The third-order valence-electron chi connectivity index (χ3n) is 4.99. The summed E-state index contributed by atoms with van der Waals surface area (Å²) in [6.45, 7) is 1.88. The highest BCUT2D eigenvalue weighted by molar-refractivity contribution is 7.89. The van der Waals surface area contributed by atoms with Crippen LogP contribution in [0.1, 0.15) is 10.4 Å². The molecule has 0 radical (unpaired) electrons. The lowest BCUT2D eigenvalue weighted by atomic mass is 10.2. The molecule has 0 aliphatic carbocycles. The smallest absolute Gasteiger partial charge is 0.254 e. The second-order valence-electron chi connectivity index (χ2n) is 6.88. The fourth-order valence-corrected chi connectivity index (χ4v) is 4.07. The largest absolute Gasteiger partial charge is 0.368 e. The summed E-state index contributed by atoms with van der Waals surface area (Å²) in [4.78, 5) is 28.3. The molecule has 3 rings (SSSR count). The van der Waals surface area contributed by atoms with Crippen molar-refractivity contribution in [2.45, 2.75) is 4.90 Å². The standard InChI is InChI=1S/C20H22ClFN4O4S/c1-23-31(29,30)16-6-7-18(22)17(12-16)20(28)24-13-19(27)26-10-8-25(9-11-26)15-4-2-14(21)3-5-15/h2-7,12,23H,8-11,13H2,1H3,(H,24,28). The van der Waals surface area contributed by atoms with Crippen molar-refractivity contribution in [1.82, 2.24) is 14.9 Å². The zero-order valence-corrected chi connectivity index (χ0v) is 18.3. The number of anilines is 1. The van der Waals surface area contributed by atoms with E-state index < -0.39 is 27.3 Å². The summed E-state index contributed by atoms with van der Waals surface area (Å²) in [5.74, 6) is -2.04. The predicted octanol–water partition coefficient (Wildman–Crippen LogP) is 1.47. The van der Waals surface area contributed by atoms with E-state index in [1.807, 2.05) is 12.1 Å². The Morgan fingerprint density at radius 2 is 1.71 bits per heavy atom. The molecule has 1 fully saturated rings. The summed E-state index contributed by atoms with van der Waals surface area (Å²) in [7, 11) is -2.62. The van der Waals surface area contributed by atoms with Crippen LogP contribution in [0.15, 0.2) is 47.4 Å².